The zero-order chi connectivity index (χ0) is 56.3. The van der Waals surface area contributed by atoms with E-state index in [1.54, 1.807) is 4.90 Å². The van der Waals surface area contributed by atoms with Crippen LogP contribution in [-0.4, -0.2) is 26.3 Å². The van der Waals surface area contributed by atoms with Crippen LogP contribution in [0.15, 0.2) is 0 Å². The van der Waals surface area contributed by atoms with Crippen LogP contribution >= 0.6 is 0 Å². The van der Waals surface area contributed by atoms with Gasteiger partial charge in [0.2, 0.25) is 0 Å². The zero-order valence-corrected chi connectivity index (χ0v) is 42.0. The van der Waals surface area contributed by atoms with Gasteiger partial charge in [-0.25, -0.2) is 87.8 Å². The second kappa shape index (κ2) is 31.0. The van der Waals surface area contributed by atoms with Crippen molar-refractivity contribution in [2.24, 2.45) is 0 Å². The minimum Gasteiger partial charge on any atom is -0.337 e. The predicted molar refractivity (Wildman–Crippen MR) is 248 cm³/mol. The van der Waals surface area contributed by atoms with E-state index in [1.165, 1.54) is 167 Å². The van der Waals surface area contributed by atoms with Gasteiger partial charge in [-0.1, -0.05) is 142 Å². The first-order valence-corrected chi connectivity index (χ1v) is 25.6. The van der Waals surface area contributed by atoms with Gasteiger partial charge in [-0.15, -0.1) is 21.9 Å². The Morgan fingerprint density at radius 2 is 0.347 bits per heavy atom. The van der Waals surface area contributed by atoms with Gasteiger partial charge in [-0.2, -0.15) is 0 Å². The molecule has 0 saturated heterocycles. The van der Waals surface area contributed by atoms with Crippen molar-refractivity contribution in [2.75, 3.05) is 20.1 Å². The van der Waals surface area contributed by atoms with Crippen LogP contribution < -0.4 is 26.8 Å². The van der Waals surface area contributed by atoms with Gasteiger partial charge >= 0.3 is 0 Å². The highest BCUT2D eigenvalue weighted by atomic mass is 19.2. The maximum atomic E-state index is 15.4. The molecule has 0 amide bonds. The second-order valence-corrected chi connectivity index (χ2v) is 19.0. The highest BCUT2D eigenvalue weighted by Crippen LogP contribution is 2.31. The van der Waals surface area contributed by atoms with E-state index in [1.807, 2.05) is 0 Å². The summed E-state index contributed by atoms with van der Waals surface area (Å²) < 4.78 is 294. The van der Waals surface area contributed by atoms with Gasteiger partial charge in [0.15, 0.2) is 69.8 Å². The standard InChI is InChI=1S/C29H61N.C24BF20/c1-4-6-8-10-12-14-16-18-20-22-24-26-28-30(3)29-27-25-23-21-19-17-15-13-11-9-7-5-2;26-5-1(6(27)14(35)21(42)13(5)34)25(2-7(28)15(36)22(43)16(37)8(2)29,3-9(30)17(38)23(44)18(39)10(3)31)4-11(32)19(40)24(45)20(41)12(4)33/h4-29H2,1-3H3;/q;-1/p+1. The number of halogens is 20. The maximum absolute atomic E-state index is 15.4. The fourth-order valence-electron chi connectivity index (χ4n) is 9.53. The number of nitrogens with one attached hydrogen (secondary N) is 1. The van der Waals surface area contributed by atoms with Gasteiger partial charge in [-0.3, -0.25) is 0 Å². The summed E-state index contributed by atoms with van der Waals surface area (Å²) in [6.45, 7) is 7.40. The van der Waals surface area contributed by atoms with Gasteiger partial charge in [0, 0.05) is 0 Å². The number of rotatable bonds is 30. The molecule has 0 radical (unpaired) electrons. The SMILES string of the molecule is CCCCCCCCCCCCCC[NH+](C)CCCCCCCCCCCCCC.Fc1c(F)c(F)c([B-](c2c(F)c(F)c(F)c(F)c2F)(c2c(F)c(F)c(F)c(F)c2F)c2c(F)c(F)c(F)c(F)c2F)c(F)c1F. The Balaban J connectivity index is 0.000000432. The monoisotopic (exact) mass is 1100 g/mol. The third-order valence-electron chi connectivity index (χ3n) is 13.6. The Morgan fingerprint density at radius 3 is 0.507 bits per heavy atom. The summed E-state index contributed by atoms with van der Waals surface area (Å²) >= 11 is 0. The molecule has 0 bridgehead atoms. The molecule has 4 rings (SSSR count). The van der Waals surface area contributed by atoms with E-state index >= 15 is 35.1 Å². The van der Waals surface area contributed by atoms with Crippen LogP contribution in [0.1, 0.15) is 168 Å². The van der Waals surface area contributed by atoms with E-state index in [-0.39, 0.29) is 0 Å². The van der Waals surface area contributed by atoms with Crippen LogP contribution in [0.25, 0.3) is 0 Å². The third kappa shape index (κ3) is 15.4. The molecule has 0 unspecified atom stereocenters. The highest BCUT2D eigenvalue weighted by Gasteiger charge is 2.52. The molecule has 0 aliphatic rings. The molecule has 0 aliphatic heterocycles. The van der Waals surface area contributed by atoms with E-state index in [2.05, 4.69) is 20.9 Å². The number of quaternary nitrogens is 1. The summed E-state index contributed by atoms with van der Waals surface area (Å²) in [6.07, 6.45) is 27.9. The Morgan fingerprint density at radius 1 is 0.213 bits per heavy atom. The molecule has 0 saturated carbocycles. The molecule has 0 atom stereocenters. The van der Waals surface area contributed by atoms with Crippen molar-refractivity contribution in [3.05, 3.63) is 116 Å². The van der Waals surface area contributed by atoms with Crippen LogP contribution in [0.3, 0.4) is 0 Å². The summed E-state index contributed by atoms with van der Waals surface area (Å²) in [4.78, 5) is 1.77. The van der Waals surface area contributed by atoms with E-state index in [4.69, 9.17) is 0 Å². The van der Waals surface area contributed by atoms with Gasteiger partial charge < -0.3 is 4.90 Å². The Labute approximate surface area is 424 Å². The topological polar surface area (TPSA) is 4.44 Å². The van der Waals surface area contributed by atoms with Crippen molar-refractivity contribution >= 4 is 28.0 Å². The zero-order valence-electron chi connectivity index (χ0n) is 42.0. The van der Waals surface area contributed by atoms with Crippen molar-refractivity contribution in [1.29, 1.82) is 0 Å². The normalized spacial score (nSPS) is 11.8. The largest absolute Gasteiger partial charge is 0.337 e. The highest BCUT2D eigenvalue weighted by molar-refractivity contribution is 7.20. The first-order valence-electron chi connectivity index (χ1n) is 25.6. The van der Waals surface area contributed by atoms with Crippen molar-refractivity contribution in [2.45, 2.75) is 168 Å². The average Bonchev–Trinajstić information content (AvgIpc) is 3.39. The van der Waals surface area contributed by atoms with E-state index in [0.29, 0.717) is 0 Å². The molecule has 22 heteroatoms. The van der Waals surface area contributed by atoms with Crippen LogP contribution in [0.4, 0.5) is 87.8 Å². The fraction of sp³-hybridized carbons (Fsp3) is 0.547. The lowest BCUT2D eigenvalue weighted by atomic mass is 9.12. The lowest BCUT2D eigenvalue weighted by Gasteiger charge is -2.44. The fourth-order valence-corrected chi connectivity index (χ4v) is 9.53. The number of hydrogen-bond acceptors (Lipinski definition) is 0. The number of hydrogen-bond donors (Lipinski definition) is 1. The quantitative estimate of drug-likeness (QED) is 0.0174. The molecule has 0 aromatic heterocycles. The molecule has 0 fully saturated rings. The smallest absolute Gasteiger partial charge is 0.200 e. The van der Waals surface area contributed by atoms with Crippen LogP contribution in [-0.2, 0) is 0 Å². The van der Waals surface area contributed by atoms with Crippen molar-refractivity contribution < 1.29 is 92.7 Å². The summed E-state index contributed by atoms with van der Waals surface area (Å²) in [5.74, 6) is -71.4. The first-order chi connectivity index (χ1) is 35.5. The average molecular weight is 1100 g/mol. The third-order valence-corrected chi connectivity index (χ3v) is 13.6. The van der Waals surface area contributed by atoms with Gasteiger partial charge in [0.1, 0.15) is 52.7 Å². The molecule has 422 valence electrons. The summed E-state index contributed by atoms with van der Waals surface area (Å²) in [6, 6.07) is 0. The van der Waals surface area contributed by atoms with Crippen molar-refractivity contribution in [1.82, 2.24) is 0 Å². The molecular formula is C53H62BF20N. The molecule has 4 aromatic rings. The molecule has 0 heterocycles. The minimum absolute atomic E-state index is 1.37. The molecule has 0 spiro atoms. The number of unbranched alkanes of at least 4 members (excludes halogenated alkanes) is 22. The van der Waals surface area contributed by atoms with E-state index < -0.39 is 144 Å². The van der Waals surface area contributed by atoms with Gasteiger partial charge in [0.25, 0.3) is 0 Å². The molecule has 1 nitrogen and oxygen atoms in total. The number of benzene rings is 4. The molecular weight excluding hydrogens is 1040 g/mol. The second-order valence-electron chi connectivity index (χ2n) is 19.0. The predicted octanol–water partition coefficient (Wildman–Crippen LogP) is 14.7. The lowest BCUT2D eigenvalue weighted by molar-refractivity contribution is -0.880. The maximum Gasteiger partial charge on any atom is 0.200 e. The lowest BCUT2D eigenvalue weighted by Crippen LogP contribution is -3.09. The molecule has 75 heavy (non-hydrogen) atoms. The Hall–Kier alpha value is -4.50. The van der Waals surface area contributed by atoms with E-state index in [9.17, 15) is 52.7 Å². The Kier molecular flexibility index (Phi) is 26.8. The molecule has 0 aliphatic carbocycles. The summed E-state index contributed by atoms with van der Waals surface area (Å²) in [5, 5.41) is 0. The molecule has 4 aromatic carbocycles. The van der Waals surface area contributed by atoms with Gasteiger partial charge in [0.05, 0.1) is 20.1 Å². The summed E-state index contributed by atoms with van der Waals surface area (Å²) in [5.41, 5.74) is -14.3. The summed E-state index contributed by atoms with van der Waals surface area (Å²) in [7, 11) is 2.41. The van der Waals surface area contributed by atoms with Crippen LogP contribution in [0.5, 0.6) is 0 Å². The first kappa shape index (κ1) is 64.8. The van der Waals surface area contributed by atoms with Gasteiger partial charge in [-0.05, 0) is 25.7 Å². The Bertz CT molecular complexity index is 2070. The van der Waals surface area contributed by atoms with Crippen molar-refractivity contribution in [3.8, 4) is 0 Å². The van der Waals surface area contributed by atoms with Crippen molar-refractivity contribution in [3.63, 3.8) is 0 Å². The minimum atomic E-state index is -7.22. The molecule has 1 N–H and O–H groups in total. The van der Waals surface area contributed by atoms with Crippen LogP contribution in [0, 0.1) is 116 Å². The van der Waals surface area contributed by atoms with Crippen LogP contribution in [0.2, 0.25) is 0 Å². The van der Waals surface area contributed by atoms with E-state index in [0.717, 1.165) is 0 Å².